The molecule has 8 heteroatoms. The number of rotatable bonds is 5. The van der Waals surface area contributed by atoms with Crippen LogP contribution in [0.15, 0.2) is 59.4 Å². The van der Waals surface area contributed by atoms with Gasteiger partial charge in [0, 0.05) is 23.9 Å². The number of para-hydroxylation sites is 2. The van der Waals surface area contributed by atoms with Crippen LogP contribution in [0.25, 0.3) is 21.8 Å². The summed E-state index contributed by atoms with van der Waals surface area (Å²) in [6.07, 6.45) is 0. The Balaban J connectivity index is 1.54. The van der Waals surface area contributed by atoms with Crippen LogP contribution in [0.1, 0.15) is 5.69 Å². The number of pyridine rings is 1. The van der Waals surface area contributed by atoms with E-state index >= 15 is 0 Å². The second-order valence-electron chi connectivity index (χ2n) is 6.95. The van der Waals surface area contributed by atoms with Gasteiger partial charge in [0.25, 0.3) is 5.91 Å². The minimum absolute atomic E-state index is 0.0864. The Kier molecular flexibility index (Phi) is 5.05. The third kappa shape index (κ3) is 3.67. The van der Waals surface area contributed by atoms with Crippen molar-refractivity contribution in [2.24, 2.45) is 7.05 Å². The van der Waals surface area contributed by atoms with Crippen molar-refractivity contribution in [1.29, 1.82) is 0 Å². The van der Waals surface area contributed by atoms with Crippen LogP contribution in [-0.2, 0) is 27.9 Å². The van der Waals surface area contributed by atoms with Crippen LogP contribution < -0.4 is 10.7 Å². The van der Waals surface area contributed by atoms with E-state index in [1.165, 1.54) is 4.68 Å². The first-order chi connectivity index (χ1) is 14.4. The molecule has 1 amide bonds. The van der Waals surface area contributed by atoms with Gasteiger partial charge in [-0.3, -0.25) is 19.1 Å². The van der Waals surface area contributed by atoms with E-state index in [1.54, 1.807) is 54.1 Å². The number of ether oxygens (including phenoxy) is 1. The topological polar surface area (TPSA) is 95.2 Å². The fraction of sp³-hybridized carbons (Fsp3) is 0.182. The van der Waals surface area contributed by atoms with Gasteiger partial charge in [-0.25, -0.2) is 0 Å². The number of hydrogen-bond donors (Lipinski definition) is 1. The van der Waals surface area contributed by atoms with Crippen LogP contribution in [0.3, 0.4) is 0 Å². The first-order valence-electron chi connectivity index (χ1n) is 9.40. The SMILES string of the molecule is Cc1cc(NC(=O)COC(=O)Cn2c3ccccc3c(=O)c3ccccc32)n(C)n1. The second-order valence-corrected chi connectivity index (χ2v) is 6.95. The van der Waals surface area contributed by atoms with Gasteiger partial charge in [0.1, 0.15) is 12.4 Å². The first-order valence-corrected chi connectivity index (χ1v) is 9.40. The van der Waals surface area contributed by atoms with Crippen molar-refractivity contribution in [3.63, 3.8) is 0 Å². The molecule has 0 saturated carbocycles. The normalized spacial score (nSPS) is 11.0. The van der Waals surface area contributed by atoms with Gasteiger partial charge in [0.05, 0.1) is 16.7 Å². The minimum atomic E-state index is -0.578. The molecule has 8 nitrogen and oxygen atoms in total. The Morgan fingerprint density at radius 2 is 1.63 bits per heavy atom. The maximum absolute atomic E-state index is 12.8. The van der Waals surface area contributed by atoms with E-state index < -0.39 is 18.5 Å². The lowest BCUT2D eigenvalue weighted by Gasteiger charge is -2.14. The number of fused-ring (bicyclic) bond motifs is 2. The highest BCUT2D eigenvalue weighted by Gasteiger charge is 2.15. The zero-order valence-corrected chi connectivity index (χ0v) is 16.6. The third-order valence-corrected chi connectivity index (χ3v) is 4.80. The van der Waals surface area contributed by atoms with Crippen molar-refractivity contribution < 1.29 is 14.3 Å². The van der Waals surface area contributed by atoms with E-state index in [2.05, 4.69) is 10.4 Å². The smallest absolute Gasteiger partial charge is 0.326 e. The first kappa shape index (κ1) is 19.4. The number of aromatic nitrogens is 3. The number of anilines is 1. The van der Waals surface area contributed by atoms with Gasteiger partial charge in [0.2, 0.25) is 0 Å². The molecule has 4 aromatic rings. The Labute approximate surface area is 171 Å². The number of aryl methyl sites for hydroxylation is 2. The number of nitrogens with one attached hydrogen (secondary N) is 1. The third-order valence-electron chi connectivity index (χ3n) is 4.80. The molecule has 0 aliphatic heterocycles. The number of esters is 1. The summed E-state index contributed by atoms with van der Waals surface area (Å²) in [4.78, 5) is 37.4. The maximum atomic E-state index is 12.8. The molecule has 4 rings (SSSR count). The van der Waals surface area contributed by atoms with Crippen molar-refractivity contribution in [3.05, 3.63) is 70.5 Å². The molecule has 30 heavy (non-hydrogen) atoms. The highest BCUT2D eigenvalue weighted by atomic mass is 16.5. The number of benzene rings is 2. The zero-order valence-electron chi connectivity index (χ0n) is 16.6. The molecule has 152 valence electrons. The molecule has 0 atom stereocenters. The zero-order chi connectivity index (χ0) is 21.3. The predicted octanol–water partition coefficient (Wildman–Crippen LogP) is 2.38. The minimum Gasteiger partial charge on any atom is -0.454 e. The van der Waals surface area contributed by atoms with Crippen molar-refractivity contribution in [2.45, 2.75) is 13.5 Å². The van der Waals surface area contributed by atoms with E-state index in [4.69, 9.17) is 4.74 Å². The van der Waals surface area contributed by atoms with E-state index in [1.807, 2.05) is 19.1 Å². The summed E-state index contributed by atoms with van der Waals surface area (Å²) >= 11 is 0. The Hall–Kier alpha value is -3.94. The average molecular weight is 404 g/mol. The molecule has 2 aromatic heterocycles. The maximum Gasteiger partial charge on any atom is 0.326 e. The molecule has 0 saturated heterocycles. The monoisotopic (exact) mass is 404 g/mol. The average Bonchev–Trinajstić information content (AvgIpc) is 3.06. The summed E-state index contributed by atoms with van der Waals surface area (Å²) in [6.45, 7) is 1.27. The number of carbonyl (C=O) groups is 2. The van der Waals surface area contributed by atoms with Crippen LogP contribution >= 0.6 is 0 Å². The van der Waals surface area contributed by atoms with Crippen LogP contribution in [0.4, 0.5) is 5.82 Å². The molecule has 0 aliphatic rings. The van der Waals surface area contributed by atoms with Gasteiger partial charge >= 0.3 is 5.97 Å². The summed E-state index contributed by atoms with van der Waals surface area (Å²) in [5, 5.41) is 7.84. The molecule has 2 aromatic carbocycles. The van der Waals surface area contributed by atoms with E-state index in [-0.39, 0.29) is 12.0 Å². The molecule has 0 unspecified atom stereocenters. The molecular formula is C22H20N4O4. The highest BCUT2D eigenvalue weighted by molar-refractivity contribution is 5.95. The van der Waals surface area contributed by atoms with Crippen LogP contribution in [-0.4, -0.2) is 32.8 Å². The Bertz CT molecular complexity index is 1280. The van der Waals surface area contributed by atoms with E-state index in [0.717, 1.165) is 5.69 Å². The molecule has 0 spiro atoms. The molecule has 0 radical (unpaired) electrons. The Morgan fingerprint density at radius 3 is 2.20 bits per heavy atom. The second kappa shape index (κ2) is 7.82. The van der Waals surface area contributed by atoms with Gasteiger partial charge in [-0.15, -0.1) is 0 Å². The lowest BCUT2D eigenvalue weighted by Crippen LogP contribution is -2.24. The molecule has 0 fully saturated rings. The molecule has 0 aliphatic carbocycles. The summed E-state index contributed by atoms with van der Waals surface area (Å²) in [6, 6.07) is 15.9. The quantitative estimate of drug-likeness (QED) is 0.407. The number of nitrogens with zero attached hydrogens (tertiary/aromatic N) is 3. The Morgan fingerprint density at radius 1 is 1.03 bits per heavy atom. The lowest BCUT2D eigenvalue weighted by molar-refractivity contribution is -0.147. The molecule has 2 heterocycles. The fourth-order valence-electron chi connectivity index (χ4n) is 3.47. The van der Waals surface area contributed by atoms with Gasteiger partial charge in [-0.2, -0.15) is 5.10 Å². The molecular weight excluding hydrogens is 384 g/mol. The standard InChI is InChI=1S/C22H20N4O4/c1-14-11-19(25(2)24-14)23-20(27)13-30-21(28)12-26-17-9-5-3-7-15(17)22(29)16-8-4-6-10-18(16)26/h3-11H,12-13H2,1-2H3,(H,23,27). The van der Waals surface area contributed by atoms with E-state index in [0.29, 0.717) is 27.6 Å². The van der Waals surface area contributed by atoms with Gasteiger partial charge in [0.15, 0.2) is 12.0 Å². The fourth-order valence-corrected chi connectivity index (χ4v) is 3.47. The predicted molar refractivity (Wildman–Crippen MR) is 113 cm³/mol. The summed E-state index contributed by atoms with van der Waals surface area (Å²) < 4.78 is 8.44. The van der Waals surface area contributed by atoms with Crippen LogP contribution in [0.2, 0.25) is 0 Å². The highest BCUT2D eigenvalue weighted by Crippen LogP contribution is 2.19. The summed E-state index contributed by atoms with van der Waals surface area (Å²) in [5.74, 6) is -0.516. The van der Waals surface area contributed by atoms with Crippen molar-refractivity contribution in [2.75, 3.05) is 11.9 Å². The van der Waals surface area contributed by atoms with Crippen molar-refractivity contribution in [3.8, 4) is 0 Å². The van der Waals surface area contributed by atoms with Gasteiger partial charge < -0.3 is 14.6 Å². The largest absolute Gasteiger partial charge is 0.454 e. The van der Waals surface area contributed by atoms with Gasteiger partial charge in [-0.05, 0) is 31.2 Å². The molecule has 1 N–H and O–H groups in total. The molecule has 0 bridgehead atoms. The van der Waals surface area contributed by atoms with Crippen molar-refractivity contribution >= 4 is 39.5 Å². The summed E-state index contributed by atoms with van der Waals surface area (Å²) in [7, 11) is 1.71. The van der Waals surface area contributed by atoms with E-state index in [9.17, 15) is 14.4 Å². The summed E-state index contributed by atoms with van der Waals surface area (Å²) in [5.41, 5.74) is 1.94. The number of hydrogen-bond acceptors (Lipinski definition) is 5. The number of amides is 1. The van der Waals surface area contributed by atoms with Crippen molar-refractivity contribution in [1.82, 2.24) is 14.3 Å². The van der Waals surface area contributed by atoms with Crippen LogP contribution in [0, 0.1) is 6.92 Å². The lowest BCUT2D eigenvalue weighted by atomic mass is 10.1. The van der Waals surface area contributed by atoms with Crippen LogP contribution in [0.5, 0.6) is 0 Å². The van der Waals surface area contributed by atoms with Gasteiger partial charge in [-0.1, -0.05) is 24.3 Å². The number of carbonyl (C=O) groups excluding carboxylic acids is 2.